The Morgan fingerprint density at radius 2 is 1.96 bits per heavy atom. The second-order valence-electron chi connectivity index (χ2n) is 6.56. The summed E-state index contributed by atoms with van der Waals surface area (Å²) in [7, 11) is 0. The fourth-order valence-corrected chi connectivity index (χ4v) is 3.17. The van der Waals surface area contributed by atoms with Crippen molar-refractivity contribution in [2.75, 3.05) is 28.6 Å². The van der Waals surface area contributed by atoms with Crippen molar-refractivity contribution in [1.82, 2.24) is 0 Å². The quantitative estimate of drug-likeness (QED) is 0.863. The van der Waals surface area contributed by atoms with Gasteiger partial charge in [-0.15, -0.1) is 0 Å². The van der Waals surface area contributed by atoms with E-state index in [0.717, 1.165) is 42.0 Å². The van der Waals surface area contributed by atoms with Gasteiger partial charge in [0.25, 0.3) is 0 Å². The highest BCUT2D eigenvalue weighted by Gasteiger charge is 2.21. The first-order chi connectivity index (χ1) is 12.6. The number of rotatable bonds is 5. The first-order valence-corrected chi connectivity index (χ1v) is 9.11. The summed E-state index contributed by atoms with van der Waals surface area (Å²) in [4.78, 5) is 26.2. The summed E-state index contributed by atoms with van der Waals surface area (Å²) in [6, 6.07) is 13.8. The number of anilines is 3. The standard InChI is InChI=1S/C21H25N3O2/c1-3-20(25)23-18-13-17(11-10-15(18)2)22-14-21(26)24-12-6-8-16-7-4-5-9-19(16)24/h4-5,7,9-11,13,22H,3,6,8,12,14H2,1-2H3,(H,23,25). The molecule has 0 aliphatic carbocycles. The number of nitrogens with zero attached hydrogens (tertiary/aromatic N) is 1. The molecule has 2 amide bonds. The van der Waals surface area contributed by atoms with Crippen LogP contribution in [0.3, 0.4) is 0 Å². The highest BCUT2D eigenvalue weighted by atomic mass is 16.2. The molecule has 0 spiro atoms. The lowest BCUT2D eigenvalue weighted by molar-refractivity contribution is -0.117. The number of carbonyl (C=O) groups excluding carboxylic acids is 2. The summed E-state index contributed by atoms with van der Waals surface area (Å²) in [5, 5.41) is 6.08. The SMILES string of the molecule is CCC(=O)Nc1cc(NCC(=O)N2CCCc3ccccc32)ccc1C. The van der Waals surface area contributed by atoms with Gasteiger partial charge >= 0.3 is 0 Å². The first-order valence-electron chi connectivity index (χ1n) is 9.11. The van der Waals surface area contributed by atoms with Gasteiger partial charge in [-0.1, -0.05) is 31.2 Å². The van der Waals surface area contributed by atoms with E-state index in [2.05, 4.69) is 16.7 Å². The van der Waals surface area contributed by atoms with Gasteiger partial charge in [-0.3, -0.25) is 9.59 Å². The molecule has 0 unspecified atom stereocenters. The number of nitrogens with one attached hydrogen (secondary N) is 2. The molecule has 1 aliphatic heterocycles. The molecule has 2 aromatic rings. The summed E-state index contributed by atoms with van der Waals surface area (Å²) < 4.78 is 0. The van der Waals surface area contributed by atoms with Crippen LogP contribution in [0.4, 0.5) is 17.1 Å². The molecule has 0 saturated carbocycles. The number of benzene rings is 2. The Hall–Kier alpha value is -2.82. The van der Waals surface area contributed by atoms with Gasteiger partial charge in [0.2, 0.25) is 11.8 Å². The molecule has 0 atom stereocenters. The monoisotopic (exact) mass is 351 g/mol. The van der Waals surface area contributed by atoms with E-state index in [4.69, 9.17) is 0 Å². The second kappa shape index (κ2) is 8.04. The van der Waals surface area contributed by atoms with Crippen LogP contribution in [0.25, 0.3) is 0 Å². The third-order valence-corrected chi connectivity index (χ3v) is 4.69. The highest BCUT2D eigenvalue weighted by molar-refractivity contribution is 5.97. The molecule has 3 rings (SSSR count). The van der Waals surface area contributed by atoms with Crippen molar-refractivity contribution >= 4 is 28.9 Å². The van der Waals surface area contributed by atoms with Crippen molar-refractivity contribution in [2.24, 2.45) is 0 Å². The average Bonchev–Trinajstić information content (AvgIpc) is 2.67. The Morgan fingerprint density at radius 3 is 2.77 bits per heavy atom. The molecule has 26 heavy (non-hydrogen) atoms. The van der Waals surface area contributed by atoms with E-state index in [-0.39, 0.29) is 18.4 Å². The molecule has 2 aromatic carbocycles. The molecule has 0 saturated heterocycles. The Labute approximate surface area is 154 Å². The fraction of sp³-hybridized carbons (Fsp3) is 0.333. The maximum Gasteiger partial charge on any atom is 0.246 e. The van der Waals surface area contributed by atoms with Crippen molar-refractivity contribution in [3.63, 3.8) is 0 Å². The molecule has 136 valence electrons. The van der Waals surface area contributed by atoms with Crippen LogP contribution in [-0.4, -0.2) is 24.9 Å². The largest absolute Gasteiger partial charge is 0.376 e. The van der Waals surface area contributed by atoms with Crippen LogP contribution in [-0.2, 0) is 16.0 Å². The van der Waals surface area contributed by atoms with Crippen molar-refractivity contribution in [3.05, 3.63) is 53.6 Å². The van der Waals surface area contributed by atoms with Gasteiger partial charge in [-0.25, -0.2) is 0 Å². The molecular formula is C21H25N3O2. The van der Waals surface area contributed by atoms with Crippen LogP contribution in [0.1, 0.15) is 30.9 Å². The third-order valence-electron chi connectivity index (χ3n) is 4.69. The van der Waals surface area contributed by atoms with E-state index < -0.39 is 0 Å². The summed E-state index contributed by atoms with van der Waals surface area (Å²) in [5.74, 6) is 0.0307. The van der Waals surface area contributed by atoms with Crippen LogP contribution >= 0.6 is 0 Å². The Morgan fingerprint density at radius 1 is 1.15 bits per heavy atom. The highest BCUT2D eigenvalue weighted by Crippen LogP contribution is 2.27. The Bertz CT molecular complexity index is 817. The topological polar surface area (TPSA) is 61.4 Å². The number of hydrogen-bond donors (Lipinski definition) is 2. The van der Waals surface area contributed by atoms with Gasteiger partial charge in [-0.05, 0) is 49.1 Å². The van der Waals surface area contributed by atoms with E-state index in [1.165, 1.54) is 5.56 Å². The molecule has 0 fully saturated rings. The van der Waals surface area contributed by atoms with Gasteiger partial charge in [0, 0.05) is 30.0 Å². The molecular weight excluding hydrogens is 326 g/mol. The molecule has 0 radical (unpaired) electrons. The number of carbonyl (C=O) groups is 2. The predicted octanol–water partition coefficient (Wildman–Crippen LogP) is 3.73. The average molecular weight is 351 g/mol. The summed E-state index contributed by atoms with van der Waals surface area (Å²) in [6.45, 7) is 4.74. The van der Waals surface area contributed by atoms with Crippen LogP contribution < -0.4 is 15.5 Å². The van der Waals surface area contributed by atoms with E-state index in [9.17, 15) is 9.59 Å². The van der Waals surface area contributed by atoms with Gasteiger partial charge in [0.1, 0.15) is 0 Å². The van der Waals surface area contributed by atoms with E-state index >= 15 is 0 Å². The summed E-state index contributed by atoms with van der Waals surface area (Å²) >= 11 is 0. The minimum atomic E-state index is -0.0220. The van der Waals surface area contributed by atoms with Gasteiger partial charge < -0.3 is 15.5 Å². The first kappa shape index (κ1) is 18.0. The smallest absolute Gasteiger partial charge is 0.246 e. The molecule has 0 bridgehead atoms. The van der Waals surface area contributed by atoms with Crippen LogP contribution in [0.2, 0.25) is 0 Å². The van der Waals surface area contributed by atoms with E-state index in [1.807, 2.05) is 55.1 Å². The third kappa shape index (κ3) is 4.04. The lowest BCUT2D eigenvalue weighted by atomic mass is 10.0. The maximum absolute atomic E-state index is 12.7. The minimum Gasteiger partial charge on any atom is -0.376 e. The molecule has 0 aromatic heterocycles. The number of aryl methyl sites for hydroxylation is 2. The molecule has 1 heterocycles. The fourth-order valence-electron chi connectivity index (χ4n) is 3.17. The molecule has 1 aliphatic rings. The van der Waals surface area contributed by atoms with Gasteiger partial charge in [0.05, 0.1) is 6.54 Å². The summed E-state index contributed by atoms with van der Waals surface area (Å²) in [6.07, 6.45) is 2.44. The number of para-hydroxylation sites is 1. The summed E-state index contributed by atoms with van der Waals surface area (Å²) in [5.41, 5.74) is 4.84. The van der Waals surface area contributed by atoms with Crippen molar-refractivity contribution in [2.45, 2.75) is 33.1 Å². The van der Waals surface area contributed by atoms with E-state index in [1.54, 1.807) is 0 Å². The predicted molar refractivity (Wildman–Crippen MR) is 106 cm³/mol. The second-order valence-corrected chi connectivity index (χ2v) is 6.56. The van der Waals surface area contributed by atoms with Crippen LogP contribution in [0, 0.1) is 6.92 Å². The van der Waals surface area contributed by atoms with Crippen molar-refractivity contribution in [3.8, 4) is 0 Å². The zero-order chi connectivity index (χ0) is 18.5. The van der Waals surface area contributed by atoms with Crippen LogP contribution in [0.5, 0.6) is 0 Å². The number of hydrogen-bond acceptors (Lipinski definition) is 3. The minimum absolute atomic E-state index is 0.0220. The maximum atomic E-state index is 12.7. The normalized spacial score (nSPS) is 13.1. The lowest BCUT2D eigenvalue weighted by Crippen LogP contribution is -2.39. The zero-order valence-corrected chi connectivity index (χ0v) is 15.3. The Balaban J connectivity index is 1.67. The van der Waals surface area contributed by atoms with E-state index in [0.29, 0.717) is 6.42 Å². The molecule has 2 N–H and O–H groups in total. The number of amides is 2. The zero-order valence-electron chi connectivity index (χ0n) is 15.3. The molecule has 5 heteroatoms. The van der Waals surface area contributed by atoms with Crippen LogP contribution in [0.15, 0.2) is 42.5 Å². The molecule has 5 nitrogen and oxygen atoms in total. The Kier molecular flexibility index (Phi) is 5.56. The van der Waals surface area contributed by atoms with Gasteiger partial charge in [-0.2, -0.15) is 0 Å². The van der Waals surface area contributed by atoms with Crippen molar-refractivity contribution in [1.29, 1.82) is 0 Å². The van der Waals surface area contributed by atoms with Crippen molar-refractivity contribution < 1.29 is 9.59 Å². The lowest BCUT2D eigenvalue weighted by Gasteiger charge is -2.29. The number of fused-ring (bicyclic) bond motifs is 1. The van der Waals surface area contributed by atoms with Gasteiger partial charge in [0.15, 0.2) is 0 Å².